The predicted molar refractivity (Wildman–Crippen MR) is 131 cm³/mol. The number of para-hydroxylation sites is 2. The maximum atomic E-state index is 13.3. The van der Waals surface area contributed by atoms with E-state index in [1.54, 1.807) is 12.0 Å². The molecule has 3 heterocycles. The Hall–Kier alpha value is -3.68. The normalized spacial score (nSPS) is 18.6. The van der Waals surface area contributed by atoms with Gasteiger partial charge in [-0.1, -0.05) is 18.2 Å². The number of piperazine rings is 1. The molecule has 34 heavy (non-hydrogen) atoms. The second kappa shape index (κ2) is 8.93. The number of anilines is 2. The highest BCUT2D eigenvalue weighted by Gasteiger charge is 2.39. The van der Waals surface area contributed by atoms with Gasteiger partial charge in [-0.2, -0.15) is 0 Å². The Balaban J connectivity index is 1.26. The summed E-state index contributed by atoms with van der Waals surface area (Å²) in [6, 6.07) is 13.6. The summed E-state index contributed by atoms with van der Waals surface area (Å²) < 4.78 is 5.46. The van der Waals surface area contributed by atoms with Crippen molar-refractivity contribution in [1.82, 2.24) is 14.9 Å². The minimum atomic E-state index is -0.341. The fourth-order valence-electron chi connectivity index (χ4n) is 4.89. The number of hydrogen-bond donors (Lipinski definition) is 0. The van der Waals surface area contributed by atoms with E-state index in [9.17, 15) is 9.59 Å². The Kier molecular flexibility index (Phi) is 5.81. The molecule has 2 fully saturated rings. The minimum Gasteiger partial charge on any atom is -0.495 e. The van der Waals surface area contributed by atoms with Crippen molar-refractivity contribution in [3.63, 3.8) is 0 Å². The average molecular weight is 460 g/mol. The van der Waals surface area contributed by atoms with Crippen LogP contribution in [0.4, 0.5) is 11.5 Å². The third-order valence-electron chi connectivity index (χ3n) is 6.71. The fraction of sp³-hybridized carbons (Fsp3) is 0.385. The van der Waals surface area contributed by atoms with Gasteiger partial charge < -0.3 is 19.4 Å². The lowest BCUT2D eigenvalue weighted by molar-refractivity contribution is -0.136. The number of hydrogen-bond acceptors (Lipinski definition) is 6. The van der Waals surface area contributed by atoms with Crippen LogP contribution >= 0.6 is 0 Å². The summed E-state index contributed by atoms with van der Waals surface area (Å²) in [5.74, 6) is 1.19. The standard InChI is InChI=1S/C26H29N5O3/c1-17-8-9-23(34-3)22(14-17)31-16-19(15-24(31)32)26(33)30-12-10-29(11-13-30)25-18(2)27-20-6-4-5-7-21(20)28-25/h4-9,14,19H,10-13,15-16H2,1-3H3. The third kappa shape index (κ3) is 4.04. The number of rotatable bonds is 4. The first-order valence-electron chi connectivity index (χ1n) is 11.7. The van der Waals surface area contributed by atoms with Crippen molar-refractivity contribution in [3.05, 3.63) is 53.7 Å². The monoisotopic (exact) mass is 459 g/mol. The summed E-state index contributed by atoms with van der Waals surface area (Å²) in [4.78, 5) is 41.4. The van der Waals surface area contributed by atoms with Crippen molar-refractivity contribution in [3.8, 4) is 5.75 Å². The quantitative estimate of drug-likeness (QED) is 0.597. The van der Waals surface area contributed by atoms with E-state index in [0.717, 1.165) is 33.8 Å². The summed E-state index contributed by atoms with van der Waals surface area (Å²) in [5.41, 5.74) is 4.43. The molecule has 2 aromatic carbocycles. The van der Waals surface area contributed by atoms with Crippen LogP contribution in [-0.2, 0) is 9.59 Å². The highest BCUT2D eigenvalue weighted by Crippen LogP contribution is 2.34. The summed E-state index contributed by atoms with van der Waals surface area (Å²) in [5, 5.41) is 0. The minimum absolute atomic E-state index is 0.0389. The van der Waals surface area contributed by atoms with Gasteiger partial charge in [0.1, 0.15) is 5.75 Å². The molecule has 0 spiro atoms. The van der Waals surface area contributed by atoms with Crippen molar-refractivity contribution < 1.29 is 14.3 Å². The molecular weight excluding hydrogens is 430 g/mol. The molecule has 2 aliphatic heterocycles. The maximum Gasteiger partial charge on any atom is 0.228 e. The van der Waals surface area contributed by atoms with E-state index in [1.807, 2.05) is 61.2 Å². The van der Waals surface area contributed by atoms with Gasteiger partial charge in [0, 0.05) is 39.1 Å². The number of carbonyl (C=O) groups is 2. The molecule has 5 rings (SSSR count). The molecule has 0 N–H and O–H groups in total. The zero-order valence-corrected chi connectivity index (χ0v) is 19.8. The number of aryl methyl sites for hydroxylation is 2. The molecular formula is C26H29N5O3. The van der Waals surface area contributed by atoms with Gasteiger partial charge in [0.25, 0.3) is 0 Å². The van der Waals surface area contributed by atoms with Crippen LogP contribution in [-0.4, -0.2) is 66.5 Å². The summed E-state index contributed by atoms with van der Waals surface area (Å²) >= 11 is 0. The van der Waals surface area contributed by atoms with E-state index in [-0.39, 0.29) is 24.2 Å². The molecule has 3 aromatic rings. The lowest BCUT2D eigenvalue weighted by atomic mass is 10.1. The first-order valence-corrected chi connectivity index (χ1v) is 11.7. The Morgan fingerprint density at radius 1 is 1.00 bits per heavy atom. The van der Waals surface area contributed by atoms with Gasteiger partial charge in [-0.3, -0.25) is 9.59 Å². The van der Waals surface area contributed by atoms with Gasteiger partial charge in [0.05, 0.1) is 35.4 Å². The van der Waals surface area contributed by atoms with Crippen LogP contribution in [0.2, 0.25) is 0 Å². The second-order valence-corrected chi connectivity index (χ2v) is 9.01. The van der Waals surface area contributed by atoms with Gasteiger partial charge in [0.15, 0.2) is 5.82 Å². The molecule has 2 saturated heterocycles. The van der Waals surface area contributed by atoms with Crippen molar-refractivity contribution >= 4 is 34.4 Å². The number of aromatic nitrogens is 2. The van der Waals surface area contributed by atoms with Crippen LogP contribution in [0.1, 0.15) is 17.7 Å². The summed E-state index contributed by atoms with van der Waals surface area (Å²) in [6.45, 7) is 6.92. The van der Waals surface area contributed by atoms with Crippen LogP contribution in [0.25, 0.3) is 11.0 Å². The first kappa shape index (κ1) is 22.1. The Morgan fingerprint density at radius 2 is 1.71 bits per heavy atom. The Bertz CT molecular complexity index is 1250. The van der Waals surface area contributed by atoms with Gasteiger partial charge in [0.2, 0.25) is 11.8 Å². The largest absolute Gasteiger partial charge is 0.495 e. The van der Waals surface area contributed by atoms with E-state index in [0.29, 0.717) is 38.5 Å². The van der Waals surface area contributed by atoms with Crippen LogP contribution in [0.5, 0.6) is 5.75 Å². The zero-order chi connectivity index (χ0) is 23.8. The van der Waals surface area contributed by atoms with E-state index in [1.165, 1.54) is 0 Å². The summed E-state index contributed by atoms with van der Waals surface area (Å²) in [7, 11) is 1.60. The molecule has 176 valence electrons. The van der Waals surface area contributed by atoms with Gasteiger partial charge in [-0.15, -0.1) is 0 Å². The fourth-order valence-corrected chi connectivity index (χ4v) is 4.89. The lowest BCUT2D eigenvalue weighted by Gasteiger charge is -2.36. The van der Waals surface area contributed by atoms with E-state index < -0.39 is 0 Å². The number of amides is 2. The molecule has 2 aliphatic rings. The molecule has 0 bridgehead atoms. The number of fused-ring (bicyclic) bond motifs is 1. The molecule has 2 amide bonds. The van der Waals surface area contributed by atoms with E-state index in [4.69, 9.17) is 14.7 Å². The molecule has 1 aromatic heterocycles. The van der Waals surface area contributed by atoms with Crippen LogP contribution in [0.3, 0.4) is 0 Å². The van der Waals surface area contributed by atoms with Crippen molar-refractivity contribution in [1.29, 1.82) is 0 Å². The molecule has 1 unspecified atom stereocenters. The number of benzene rings is 2. The summed E-state index contributed by atoms with van der Waals surface area (Å²) in [6.07, 6.45) is 0.228. The van der Waals surface area contributed by atoms with E-state index >= 15 is 0 Å². The smallest absolute Gasteiger partial charge is 0.228 e. The molecule has 0 aliphatic carbocycles. The highest BCUT2D eigenvalue weighted by atomic mass is 16.5. The predicted octanol–water partition coefficient (Wildman–Crippen LogP) is 2.96. The second-order valence-electron chi connectivity index (χ2n) is 9.01. The molecule has 0 radical (unpaired) electrons. The van der Waals surface area contributed by atoms with Crippen LogP contribution in [0.15, 0.2) is 42.5 Å². The number of carbonyl (C=O) groups excluding carboxylic acids is 2. The molecule has 1 atom stereocenters. The SMILES string of the molecule is COc1ccc(C)cc1N1CC(C(=O)N2CCN(c3nc4ccccc4nc3C)CC2)CC1=O. The van der Waals surface area contributed by atoms with Crippen molar-refractivity contribution in [2.45, 2.75) is 20.3 Å². The zero-order valence-electron chi connectivity index (χ0n) is 19.8. The molecule has 8 nitrogen and oxygen atoms in total. The van der Waals surface area contributed by atoms with Gasteiger partial charge in [-0.05, 0) is 43.7 Å². The first-order chi connectivity index (χ1) is 16.4. The van der Waals surface area contributed by atoms with Gasteiger partial charge >= 0.3 is 0 Å². The van der Waals surface area contributed by atoms with Gasteiger partial charge in [-0.25, -0.2) is 9.97 Å². The van der Waals surface area contributed by atoms with E-state index in [2.05, 4.69) is 4.90 Å². The Labute approximate surface area is 199 Å². The molecule has 8 heteroatoms. The Morgan fingerprint density at radius 3 is 2.41 bits per heavy atom. The molecule has 0 saturated carbocycles. The van der Waals surface area contributed by atoms with Crippen molar-refractivity contribution in [2.24, 2.45) is 5.92 Å². The average Bonchev–Trinajstić information content (AvgIpc) is 3.24. The third-order valence-corrected chi connectivity index (χ3v) is 6.71. The number of ether oxygens (including phenoxy) is 1. The number of nitrogens with zero attached hydrogens (tertiary/aromatic N) is 5. The van der Waals surface area contributed by atoms with Crippen molar-refractivity contribution in [2.75, 3.05) is 49.6 Å². The highest BCUT2D eigenvalue weighted by molar-refractivity contribution is 6.01. The number of methoxy groups -OCH3 is 1. The lowest BCUT2D eigenvalue weighted by Crippen LogP contribution is -2.51. The maximum absolute atomic E-state index is 13.3. The topological polar surface area (TPSA) is 78.9 Å². The van der Waals surface area contributed by atoms with Crippen LogP contribution in [0, 0.1) is 19.8 Å². The van der Waals surface area contributed by atoms with Crippen LogP contribution < -0.4 is 14.5 Å².